The number of nitrogens with one attached hydrogen (secondary N) is 1. The van der Waals surface area contributed by atoms with E-state index >= 15 is 0 Å². The monoisotopic (exact) mass is 373 g/mol. The van der Waals surface area contributed by atoms with Gasteiger partial charge >= 0.3 is 0 Å². The Labute approximate surface area is 165 Å². The maximum absolute atomic E-state index is 13.1. The van der Waals surface area contributed by atoms with Crippen LogP contribution in [-0.4, -0.2) is 37.2 Å². The Morgan fingerprint density at radius 2 is 1.50 bits per heavy atom. The van der Waals surface area contributed by atoms with E-state index in [2.05, 4.69) is 15.2 Å². The smallest absolute Gasteiger partial charge is 0.237 e. The van der Waals surface area contributed by atoms with Crippen LogP contribution in [0.2, 0.25) is 0 Å². The topological polar surface area (TPSA) is 54.5 Å². The van der Waals surface area contributed by atoms with Crippen LogP contribution in [0.5, 0.6) is 0 Å². The van der Waals surface area contributed by atoms with Crippen LogP contribution >= 0.6 is 0 Å². The number of carbonyl (C=O) groups excluding carboxylic acids is 1. The van der Waals surface area contributed by atoms with Gasteiger partial charge < -0.3 is 15.0 Å². The van der Waals surface area contributed by atoms with Gasteiger partial charge in [-0.15, -0.1) is 0 Å². The highest BCUT2D eigenvalue weighted by Gasteiger charge is 2.23. The number of hydrogen-bond acceptors (Lipinski definition) is 4. The number of ether oxygens (including phenoxy) is 1. The van der Waals surface area contributed by atoms with E-state index in [9.17, 15) is 4.79 Å². The molecule has 5 heteroatoms. The second-order valence-corrected chi connectivity index (χ2v) is 6.74. The number of morpholine rings is 1. The molecular weight excluding hydrogens is 350 g/mol. The lowest BCUT2D eigenvalue weighted by molar-refractivity contribution is -0.116. The summed E-state index contributed by atoms with van der Waals surface area (Å²) >= 11 is 0. The summed E-state index contributed by atoms with van der Waals surface area (Å²) in [5.74, 6) is 0.0750. The molecule has 0 bridgehead atoms. The van der Waals surface area contributed by atoms with Crippen LogP contribution in [0.25, 0.3) is 0 Å². The molecule has 1 saturated heterocycles. The molecule has 2 aromatic carbocycles. The molecule has 0 saturated carbocycles. The Balaban J connectivity index is 1.53. The minimum absolute atomic E-state index is 0.0935. The highest BCUT2D eigenvalue weighted by molar-refractivity contribution is 5.97. The first-order valence-electron chi connectivity index (χ1n) is 9.51. The van der Waals surface area contributed by atoms with E-state index in [-0.39, 0.29) is 11.8 Å². The third-order valence-electron chi connectivity index (χ3n) is 4.90. The normalized spacial score (nSPS) is 14.1. The lowest BCUT2D eigenvalue weighted by Crippen LogP contribution is -2.36. The minimum atomic E-state index is -0.386. The van der Waals surface area contributed by atoms with Gasteiger partial charge in [-0.1, -0.05) is 60.7 Å². The van der Waals surface area contributed by atoms with Gasteiger partial charge in [-0.2, -0.15) is 0 Å². The lowest BCUT2D eigenvalue weighted by atomic mass is 9.90. The number of hydrogen-bond donors (Lipinski definition) is 1. The number of anilines is 2. The molecule has 142 valence electrons. The summed E-state index contributed by atoms with van der Waals surface area (Å²) in [6.07, 6.45) is 1.81. The first-order valence-corrected chi connectivity index (χ1v) is 9.51. The molecule has 1 N–H and O–H groups in total. The fraction of sp³-hybridized carbons (Fsp3) is 0.217. The largest absolute Gasteiger partial charge is 0.378 e. The number of pyridine rings is 1. The predicted molar refractivity (Wildman–Crippen MR) is 111 cm³/mol. The van der Waals surface area contributed by atoms with Gasteiger partial charge in [0.1, 0.15) is 5.82 Å². The van der Waals surface area contributed by atoms with Crippen molar-refractivity contribution in [2.75, 3.05) is 36.5 Å². The molecule has 0 unspecified atom stereocenters. The summed E-state index contributed by atoms with van der Waals surface area (Å²) < 4.78 is 5.39. The van der Waals surface area contributed by atoms with Crippen molar-refractivity contribution in [3.63, 3.8) is 0 Å². The van der Waals surface area contributed by atoms with Gasteiger partial charge in [-0.3, -0.25) is 4.79 Å². The van der Waals surface area contributed by atoms with Gasteiger partial charge in [0, 0.05) is 13.1 Å². The van der Waals surface area contributed by atoms with Crippen molar-refractivity contribution in [3.8, 4) is 0 Å². The highest BCUT2D eigenvalue weighted by Crippen LogP contribution is 2.26. The molecule has 4 rings (SSSR count). The molecule has 0 atom stereocenters. The average Bonchev–Trinajstić information content (AvgIpc) is 2.77. The molecule has 1 aliphatic rings. The molecule has 0 radical (unpaired) electrons. The van der Waals surface area contributed by atoms with Crippen LogP contribution in [0, 0.1) is 0 Å². The van der Waals surface area contributed by atoms with Crippen molar-refractivity contribution in [2.45, 2.75) is 5.92 Å². The summed E-state index contributed by atoms with van der Waals surface area (Å²) in [7, 11) is 0. The van der Waals surface area contributed by atoms with E-state index in [0.29, 0.717) is 5.82 Å². The van der Waals surface area contributed by atoms with E-state index in [0.717, 1.165) is 43.1 Å². The van der Waals surface area contributed by atoms with Gasteiger partial charge in [0.2, 0.25) is 5.91 Å². The zero-order chi connectivity index (χ0) is 19.2. The van der Waals surface area contributed by atoms with E-state index in [1.54, 1.807) is 6.20 Å². The van der Waals surface area contributed by atoms with E-state index in [1.165, 1.54) is 0 Å². The average molecular weight is 373 g/mol. The van der Waals surface area contributed by atoms with Crippen LogP contribution in [0.3, 0.4) is 0 Å². The lowest BCUT2D eigenvalue weighted by Gasteiger charge is -2.28. The number of rotatable bonds is 5. The van der Waals surface area contributed by atoms with E-state index < -0.39 is 0 Å². The predicted octanol–water partition coefficient (Wildman–Crippen LogP) is 3.69. The third kappa shape index (κ3) is 4.21. The molecular formula is C23H23N3O2. The zero-order valence-corrected chi connectivity index (χ0v) is 15.6. The van der Waals surface area contributed by atoms with Crippen LogP contribution in [0.4, 0.5) is 11.5 Å². The first-order chi connectivity index (χ1) is 13.8. The number of aromatic nitrogens is 1. The Kier molecular flexibility index (Phi) is 5.64. The minimum Gasteiger partial charge on any atom is -0.378 e. The Morgan fingerprint density at radius 3 is 2.04 bits per heavy atom. The van der Waals surface area contributed by atoms with Crippen molar-refractivity contribution < 1.29 is 9.53 Å². The van der Waals surface area contributed by atoms with E-state index in [1.807, 2.05) is 72.8 Å². The van der Waals surface area contributed by atoms with Crippen molar-refractivity contribution in [2.24, 2.45) is 0 Å². The fourth-order valence-electron chi connectivity index (χ4n) is 3.45. The summed E-state index contributed by atoms with van der Waals surface area (Å²) in [5, 5.41) is 2.98. The van der Waals surface area contributed by atoms with Gasteiger partial charge in [-0.05, 0) is 23.3 Å². The van der Waals surface area contributed by atoms with Crippen molar-refractivity contribution in [1.82, 2.24) is 4.98 Å². The molecule has 1 fully saturated rings. The number of amides is 1. The third-order valence-corrected chi connectivity index (χ3v) is 4.90. The van der Waals surface area contributed by atoms with Crippen molar-refractivity contribution in [1.29, 1.82) is 0 Å². The summed E-state index contributed by atoms with van der Waals surface area (Å²) in [4.78, 5) is 19.8. The van der Waals surface area contributed by atoms with Gasteiger partial charge in [0.15, 0.2) is 0 Å². The van der Waals surface area contributed by atoms with E-state index in [4.69, 9.17) is 4.74 Å². The standard InChI is InChI=1S/C23H23N3O2/c27-23(22(18-7-3-1-4-8-18)19-9-5-2-6-10-19)25-21-12-11-20(17-24-21)26-13-15-28-16-14-26/h1-12,17,22H,13-16H2,(H,24,25,27). The summed E-state index contributed by atoms with van der Waals surface area (Å²) in [6.45, 7) is 3.18. The highest BCUT2D eigenvalue weighted by atomic mass is 16.5. The first kappa shape index (κ1) is 18.2. The molecule has 1 amide bonds. The van der Waals surface area contributed by atoms with Crippen LogP contribution in [-0.2, 0) is 9.53 Å². The van der Waals surface area contributed by atoms with Gasteiger partial charge in [0.05, 0.1) is 31.0 Å². The number of carbonyl (C=O) groups is 1. The number of nitrogens with zero attached hydrogens (tertiary/aromatic N) is 2. The quantitative estimate of drug-likeness (QED) is 0.741. The van der Waals surface area contributed by atoms with Gasteiger partial charge in [-0.25, -0.2) is 4.98 Å². The van der Waals surface area contributed by atoms with Gasteiger partial charge in [0.25, 0.3) is 0 Å². The second-order valence-electron chi connectivity index (χ2n) is 6.74. The zero-order valence-electron chi connectivity index (χ0n) is 15.6. The van der Waals surface area contributed by atoms with Crippen molar-refractivity contribution >= 4 is 17.4 Å². The number of benzene rings is 2. The Hall–Kier alpha value is -3.18. The molecule has 28 heavy (non-hydrogen) atoms. The molecule has 5 nitrogen and oxygen atoms in total. The maximum Gasteiger partial charge on any atom is 0.237 e. The molecule has 2 heterocycles. The Bertz CT molecular complexity index is 853. The molecule has 0 spiro atoms. The second kappa shape index (κ2) is 8.67. The molecule has 3 aromatic rings. The van der Waals surface area contributed by atoms with Crippen molar-refractivity contribution in [3.05, 3.63) is 90.1 Å². The molecule has 0 aliphatic carbocycles. The Morgan fingerprint density at radius 1 is 0.893 bits per heavy atom. The van der Waals surface area contributed by atoms with Crippen LogP contribution in [0.1, 0.15) is 17.0 Å². The molecule has 1 aliphatic heterocycles. The maximum atomic E-state index is 13.1. The fourth-order valence-corrected chi connectivity index (χ4v) is 3.45. The SMILES string of the molecule is O=C(Nc1ccc(N2CCOCC2)cn1)C(c1ccccc1)c1ccccc1. The van der Waals surface area contributed by atoms with Crippen LogP contribution in [0.15, 0.2) is 79.0 Å². The molecule has 1 aromatic heterocycles. The van der Waals surface area contributed by atoms with Crippen LogP contribution < -0.4 is 10.2 Å². The summed E-state index contributed by atoms with van der Waals surface area (Å²) in [5.41, 5.74) is 2.95. The summed E-state index contributed by atoms with van der Waals surface area (Å²) in [6, 6.07) is 23.5.